The first kappa shape index (κ1) is 20.2. The lowest BCUT2D eigenvalue weighted by molar-refractivity contribution is -0.129. The Bertz CT molecular complexity index is 847. The molecule has 2 atom stereocenters. The van der Waals surface area contributed by atoms with E-state index in [1.54, 1.807) is 20.4 Å². The summed E-state index contributed by atoms with van der Waals surface area (Å²) in [6.45, 7) is 0. The van der Waals surface area contributed by atoms with Crippen LogP contribution in [0.2, 0.25) is 0 Å². The maximum absolute atomic E-state index is 13.1. The van der Waals surface area contributed by atoms with Gasteiger partial charge in [-0.25, -0.2) is 0 Å². The van der Waals surface area contributed by atoms with Gasteiger partial charge >= 0.3 is 0 Å². The van der Waals surface area contributed by atoms with Crippen LogP contribution in [0.1, 0.15) is 66.6 Å². The molecule has 2 N–H and O–H groups in total. The first-order valence-electron chi connectivity index (χ1n) is 11.3. The lowest BCUT2D eigenvalue weighted by Gasteiger charge is -2.58. The normalized spacial score (nSPS) is 33.3. The SMILES string of the molecule is COC(CCC(=O)c1cnc2c(c1NC1C3CC4CC1CC(O)(C4)C3)C=CC2)OC. The summed E-state index contributed by atoms with van der Waals surface area (Å²) >= 11 is 0. The van der Waals surface area contributed by atoms with Crippen molar-refractivity contribution in [2.24, 2.45) is 17.8 Å². The third-order valence-electron chi connectivity index (χ3n) is 7.78. The second-order valence-corrected chi connectivity index (χ2v) is 9.74. The quantitative estimate of drug-likeness (QED) is 0.502. The second kappa shape index (κ2) is 7.74. The summed E-state index contributed by atoms with van der Waals surface area (Å²) in [5, 5.41) is 14.7. The first-order valence-corrected chi connectivity index (χ1v) is 11.3. The Morgan fingerprint density at radius 2 is 2.00 bits per heavy atom. The molecule has 162 valence electrons. The topological polar surface area (TPSA) is 80.7 Å². The van der Waals surface area contributed by atoms with E-state index in [0.717, 1.165) is 42.6 Å². The van der Waals surface area contributed by atoms with E-state index in [9.17, 15) is 9.90 Å². The molecule has 6 nitrogen and oxygen atoms in total. The summed E-state index contributed by atoms with van der Waals surface area (Å²) in [6, 6.07) is 0.319. The number of carbonyl (C=O) groups excluding carboxylic acids is 1. The van der Waals surface area contributed by atoms with Crippen molar-refractivity contribution in [3.05, 3.63) is 29.1 Å². The number of ether oxygens (including phenoxy) is 2. The molecule has 0 amide bonds. The lowest BCUT2D eigenvalue weighted by Crippen LogP contribution is -2.59. The van der Waals surface area contributed by atoms with E-state index in [2.05, 4.69) is 22.5 Å². The number of nitrogens with zero attached hydrogens (tertiary/aromatic N) is 1. The molecule has 30 heavy (non-hydrogen) atoms. The average Bonchev–Trinajstić information content (AvgIpc) is 3.19. The highest BCUT2D eigenvalue weighted by atomic mass is 16.7. The second-order valence-electron chi connectivity index (χ2n) is 9.74. The Morgan fingerprint density at radius 3 is 2.67 bits per heavy atom. The Morgan fingerprint density at radius 1 is 1.27 bits per heavy atom. The standard InChI is InChI=1S/C24H32N2O4/c1-29-21(30-2)7-6-20(27)18-13-25-19-5-3-4-17(19)23(18)26-22-15-8-14-9-16(22)12-24(28,10-14)11-15/h3-4,13-16,21-22,28H,5-12H2,1-2H3,(H,25,26). The van der Waals surface area contributed by atoms with Gasteiger partial charge < -0.3 is 19.9 Å². The molecule has 4 bridgehead atoms. The number of aromatic nitrogens is 1. The minimum absolute atomic E-state index is 0.0645. The van der Waals surface area contributed by atoms with Crippen molar-refractivity contribution < 1.29 is 19.4 Å². The molecule has 0 spiro atoms. The summed E-state index contributed by atoms with van der Waals surface area (Å²) in [6.07, 6.45) is 12.4. The van der Waals surface area contributed by atoms with Crippen LogP contribution in [-0.2, 0) is 15.9 Å². The molecule has 5 aliphatic carbocycles. The van der Waals surface area contributed by atoms with Crippen LogP contribution >= 0.6 is 0 Å². The number of rotatable bonds is 8. The minimum Gasteiger partial charge on any atom is -0.390 e. The molecule has 1 aromatic heterocycles. The van der Waals surface area contributed by atoms with Crippen LogP contribution in [0.15, 0.2) is 12.3 Å². The van der Waals surface area contributed by atoms with Gasteiger partial charge in [0.05, 0.1) is 22.5 Å². The smallest absolute Gasteiger partial charge is 0.166 e. The Kier molecular flexibility index (Phi) is 5.20. The number of ketones is 1. The van der Waals surface area contributed by atoms with Gasteiger partial charge in [-0.2, -0.15) is 0 Å². The number of aliphatic hydroxyl groups is 1. The molecule has 0 saturated heterocycles. The number of hydrogen-bond acceptors (Lipinski definition) is 6. The number of allylic oxidation sites excluding steroid dienone is 1. The van der Waals surface area contributed by atoms with Crippen LogP contribution in [-0.4, -0.2) is 48.0 Å². The van der Waals surface area contributed by atoms with E-state index in [4.69, 9.17) is 9.47 Å². The highest BCUT2D eigenvalue weighted by Gasteiger charge is 2.54. The Labute approximate surface area is 178 Å². The predicted molar refractivity (Wildman–Crippen MR) is 114 cm³/mol. The van der Waals surface area contributed by atoms with E-state index in [-0.39, 0.29) is 12.1 Å². The van der Waals surface area contributed by atoms with E-state index < -0.39 is 5.60 Å². The molecule has 1 aromatic rings. The molecular weight excluding hydrogens is 380 g/mol. The zero-order chi connectivity index (χ0) is 20.9. The summed E-state index contributed by atoms with van der Waals surface area (Å²) in [5.74, 6) is 1.68. The molecular formula is C24H32N2O4. The van der Waals surface area contributed by atoms with E-state index in [1.165, 1.54) is 12.8 Å². The van der Waals surface area contributed by atoms with Gasteiger partial charge in [-0.15, -0.1) is 0 Å². The van der Waals surface area contributed by atoms with Crippen LogP contribution < -0.4 is 5.32 Å². The fourth-order valence-electron chi connectivity index (χ4n) is 6.66. The minimum atomic E-state index is -0.456. The zero-order valence-electron chi connectivity index (χ0n) is 17.9. The number of methoxy groups -OCH3 is 2. The van der Waals surface area contributed by atoms with Crippen LogP contribution in [0.3, 0.4) is 0 Å². The monoisotopic (exact) mass is 412 g/mol. The van der Waals surface area contributed by atoms with Gasteiger partial charge in [0.15, 0.2) is 12.1 Å². The number of hydrogen-bond donors (Lipinski definition) is 2. The molecule has 6 heteroatoms. The Hall–Kier alpha value is -1.76. The molecule has 2 unspecified atom stereocenters. The molecule has 0 radical (unpaired) electrons. The van der Waals surface area contributed by atoms with E-state index in [0.29, 0.717) is 42.2 Å². The molecule has 4 saturated carbocycles. The van der Waals surface area contributed by atoms with E-state index in [1.807, 2.05) is 0 Å². The number of anilines is 1. The van der Waals surface area contributed by atoms with Crippen molar-refractivity contribution >= 4 is 17.5 Å². The third kappa shape index (κ3) is 3.49. The van der Waals surface area contributed by atoms with Crippen LogP contribution in [0, 0.1) is 17.8 Å². The molecule has 5 aliphatic rings. The van der Waals surface area contributed by atoms with Crippen molar-refractivity contribution in [2.45, 2.75) is 69.3 Å². The number of pyridine rings is 1. The fourth-order valence-corrected chi connectivity index (χ4v) is 6.66. The van der Waals surface area contributed by atoms with Crippen LogP contribution in [0.25, 0.3) is 6.08 Å². The maximum atomic E-state index is 13.1. The number of fused-ring (bicyclic) bond motifs is 1. The van der Waals surface area contributed by atoms with Gasteiger partial charge in [0, 0.05) is 51.3 Å². The summed E-state index contributed by atoms with van der Waals surface area (Å²) in [5.41, 5.74) is 3.24. The van der Waals surface area contributed by atoms with E-state index >= 15 is 0 Å². The van der Waals surface area contributed by atoms with Gasteiger partial charge in [-0.1, -0.05) is 12.2 Å². The number of nitrogens with one attached hydrogen (secondary N) is 1. The summed E-state index contributed by atoms with van der Waals surface area (Å²) in [4.78, 5) is 17.7. The van der Waals surface area contributed by atoms with Crippen molar-refractivity contribution in [1.29, 1.82) is 0 Å². The van der Waals surface area contributed by atoms with Crippen LogP contribution in [0.5, 0.6) is 0 Å². The van der Waals surface area contributed by atoms with Gasteiger partial charge in [0.1, 0.15) is 0 Å². The van der Waals surface area contributed by atoms with Gasteiger partial charge in [-0.05, 0) is 49.9 Å². The molecule has 0 aromatic carbocycles. The molecule has 0 aliphatic heterocycles. The number of Topliss-reactive ketones (excluding diaryl/α,β-unsaturated/α-hetero) is 1. The highest BCUT2D eigenvalue weighted by molar-refractivity contribution is 6.03. The summed E-state index contributed by atoms with van der Waals surface area (Å²) < 4.78 is 10.5. The van der Waals surface area contributed by atoms with Crippen molar-refractivity contribution in [2.75, 3.05) is 19.5 Å². The van der Waals surface area contributed by atoms with Crippen LogP contribution in [0.4, 0.5) is 5.69 Å². The third-order valence-corrected chi connectivity index (χ3v) is 7.78. The maximum Gasteiger partial charge on any atom is 0.166 e. The molecule has 4 fully saturated rings. The first-order chi connectivity index (χ1) is 14.5. The van der Waals surface area contributed by atoms with Gasteiger partial charge in [0.25, 0.3) is 0 Å². The van der Waals surface area contributed by atoms with Crippen molar-refractivity contribution in [1.82, 2.24) is 4.98 Å². The zero-order valence-corrected chi connectivity index (χ0v) is 17.9. The average molecular weight is 413 g/mol. The largest absolute Gasteiger partial charge is 0.390 e. The lowest BCUT2D eigenvalue weighted by atomic mass is 9.52. The highest BCUT2D eigenvalue weighted by Crippen LogP contribution is 2.56. The van der Waals surface area contributed by atoms with Gasteiger partial charge in [-0.3, -0.25) is 9.78 Å². The predicted octanol–water partition coefficient (Wildman–Crippen LogP) is 3.58. The molecule has 6 rings (SSSR count). The molecule has 1 heterocycles. The fraction of sp³-hybridized carbons (Fsp3) is 0.667. The number of carbonyl (C=O) groups is 1. The Balaban J connectivity index is 1.41. The summed E-state index contributed by atoms with van der Waals surface area (Å²) in [7, 11) is 3.18. The van der Waals surface area contributed by atoms with Crippen molar-refractivity contribution in [3.8, 4) is 0 Å². The van der Waals surface area contributed by atoms with Crippen molar-refractivity contribution in [3.63, 3.8) is 0 Å². The van der Waals surface area contributed by atoms with Gasteiger partial charge in [0.2, 0.25) is 0 Å².